The molecule has 0 radical (unpaired) electrons. The molecular formula is C9H8F6N2. The molecule has 0 aliphatic rings. The van der Waals surface area contributed by atoms with Crippen LogP contribution in [-0.4, -0.2) is 17.7 Å². The molecule has 2 nitrogen and oxygen atoms in total. The van der Waals surface area contributed by atoms with E-state index in [-0.39, 0.29) is 5.82 Å². The van der Waals surface area contributed by atoms with Crippen molar-refractivity contribution in [3.8, 4) is 0 Å². The summed E-state index contributed by atoms with van der Waals surface area (Å²) >= 11 is 0. The molecule has 1 heterocycles. The number of hydrogen-bond donors (Lipinski definition) is 1. The zero-order valence-electron chi connectivity index (χ0n) is 8.36. The highest BCUT2D eigenvalue weighted by atomic mass is 19.4. The van der Waals surface area contributed by atoms with Crippen LogP contribution in [0, 0.1) is 0 Å². The Kier molecular flexibility index (Phi) is 3.84. The third-order valence-corrected chi connectivity index (χ3v) is 1.81. The summed E-state index contributed by atoms with van der Waals surface area (Å²) < 4.78 is 71.7. The van der Waals surface area contributed by atoms with Gasteiger partial charge in [-0.05, 0) is 12.1 Å². The van der Waals surface area contributed by atoms with E-state index in [0.29, 0.717) is 6.20 Å². The third kappa shape index (κ3) is 4.92. The molecule has 0 aliphatic heterocycles. The van der Waals surface area contributed by atoms with Crippen LogP contribution < -0.4 is 5.32 Å². The van der Waals surface area contributed by atoms with Crippen molar-refractivity contribution in [1.82, 2.24) is 4.98 Å². The fourth-order valence-corrected chi connectivity index (χ4v) is 0.998. The summed E-state index contributed by atoms with van der Waals surface area (Å²) in [4.78, 5) is 3.37. The Morgan fingerprint density at radius 3 is 2.12 bits per heavy atom. The Labute approximate surface area is 92.7 Å². The Balaban J connectivity index is 2.52. The molecule has 0 aromatic carbocycles. The van der Waals surface area contributed by atoms with Crippen molar-refractivity contribution in [2.45, 2.75) is 18.8 Å². The molecule has 1 rings (SSSR count). The number of nitrogens with zero attached hydrogens (tertiary/aromatic N) is 1. The number of hydrogen-bond acceptors (Lipinski definition) is 2. The second-order valence-electron chi connectivity index (χ2n) is 3.22. The van der Waals surface area contributed by atoms with Crippen LogP contribution >= 0.6 is 0 Å². The molecule has 0 fully saturated rings. The van der Waals surface area contributed by atoms with E-state index in [1.54, 1.807) is 0 Å². The van der Waals surface area contributed by atoms with Crippen LogP contribution in [0.5, 0.6) is 0 Å². The van der Waals surface area contributed by atoms with E-state index in [1.165, 1.54) is 0 Å². The van der Waals surface area contributed by atoms with Gasteiger partial charge in [-0.25, -0.2) is 4.98 Å². The number of rotatable bonds is 3. The molecule has 0 spiro atoms. The first-order valence-electron chi connectivity index (χ1n) is 4.52. The van der Waals surface area contributed by atoms with Crippen molar-refractivity contribution in [1.29, 1.82) is 0 Å². The largest absolute Gasteiger partial charge is 0.417 e. The second kappa shape index (κ2) is 4.80. The van der Waals surface area contributed by atoms with Gasteiger partial charge in [0, 0.05) is 12.7 Å². The molecule has 0 saturated heterocycles. The van der Waals surface area contributed by atoms with Crippen molar-refractivity contribution in [2.75, 3.05) is 11.9 Å². The zero-order valence-corrected chi connectivity index (χ0v) is 8.36. The van der Waals surface area contributed by atoms with Crippen LogP contribution in [0.2, 0.25) is 0 Å². The number of halogens is 6. The molecule has 0 bridgehead atoms. The van der Waals surface area contributed by atoms with Gasteiger partial charge in [-0.3, -0.25) is 0 Å². The fraction of sp³-hybridized carbons (Fsp3) is 0.444. The Hall–Kier alpha value is -1.47. The van der Waals surface area contributed by atoms with Gasteiger partial charge in [0.2, 0.25) is 0 Å². The summed E-state index contributed by atoms with van der Waals surface area (Å²) in [6.45, 7) is -0.429. The van der Waals surface area contributed by atoms with Gasteiger partial charge in [0.1, 0.15) is 5.82 Å². The van der Waals surface area contributed by atoms with Crippen molar-refractivity contribution < 1.29 is 26.3 Å². The van der Waals surface area contributed by atoms with E-state index < -0.39 is 30.9 Å². The molecule has 8 heteroatoms. The molecule has 0 unspecified atom stereocenters. The van der Waals surface area contributed by atoms with Crippen molar-refractivity contribution in [3.63, 3.8) is 0 Å². The fourth-order valence-electron chi connectivity index (χ4n) is 0.998. The highest BCUT2D eigenvalue weighted by Crippen LogP contribution is 2.28. The van der Waals surface area contributed by atoms with Crippen LogP contribution in [0.1, 0.15) is 12.0 Å². The first-order chi connectivity index (χ1) is 7.68. The summed E-state index contributed by atoms with van der Waals surface area (Å²) in [7, 11) is 0. The van der Waals surface area contributed by atoms with E-state index in [9.17, 15) is 26.3 Å². The highest BCUT2D eigenvalue weighted by molar-refractivity contribution is 5.36. The van der Waals surface area contributed by atoms with Crippen molar-refractivity contribution >= 4 is 5.82 Å². The van der Waals surface area contributed by atoms with Gasteiger partial charge in [-0.15, -0.1) is 0 Å². The predicted octanol–water partition coefficient (Wildman–Crippen LogP) is 3.46. The summed E-state index contributed by atoms with van der Waals surface area (Å²) in [5.41, 5.74) is -0.945. The summed E-state index contributed by atoms with van der Waals surface area (Å²) in [5.74, 6) is -0.0257. The average Bonchev–Trinajstić information content (AvgIpc) is 2.15. The maximum atomic E-state index is 12.1. The van der Waals surface area contributed by atoms with Gasteiger partial charge in [0.05, 0.1) is 12.0 Å². The zero-order chi connectivity index (χ0) is 13.1. The second-order valence-corrected chi connectivity index (χ2v) is 3.22. The van der Waals surface area contributed by atoms with Gasteiger partial charge in [0.25, 0.3) is 0 Å². The number of pyridine rings is 1. The molecule has 0 amide bonds. The Morgan fingerprint density at radius 1 is 1.06 bits per heavy atom. The maximum Gasteiger partial charge on any atom is 0.417 e. The monoisotopic (exact) mass is 258 g/mol. The van der Waals surface area contributed by atoms with E-state index in [4.69, 9.17) is 0 Å². The van der Waals surface area contributed by atoms with Crippen LogP contribution in [0.4, 0.5) is 32.2 Å². The minimum absolute atomic E-state index is 0.0257. The lowest BCUT2D eigenvalue weighted by molar-refractivity contribution is -0.137. The van der Waals surface area contributed by atoms with Gasteiger partial charge >= 0.3 is 12.4 Å². The lowest BCUT2D eigenvalue weighted by Crippen LogP contribution is -2.15. The van der Waals surface area contributed by atoms with E-state index in [2.05, 4.69) is 10.3 Å². The van der Waals surface area contributed by atoms with Crippen LogP contribution in [0.3, 0.4) is 0 Å². The molecule has 0 atom stereocenters. The smallest absolute Gasteiger partial charge is 0.370 e. The summed E-state index contributed by atoms with van der Waals surface area (Å²) in [6, 6.07) is 1.74. The van der Waals surface area contributed by atoms with Crippen LogP contribution in [0.15, 0.2) is 18.3 Å². The first kappa shape index (κ1) is 13.6. The lowest BCUT2D eigenvalue weighted by Gasteiger charge is -2.09. The maximum absolute atomic E-state index is 12.1. The van der Waals surface area contributed by atoms with E-state index in [0.717, 1.165) is 12.1 Å². The summed E-state index contributed by atoms with van der Waals surface area (Å²) in [6.07, 6.45) is -9.32. The molecule has 1 N–H and O–H groups in total. The highest BCUT2D eigenvalue weighted by Gasteiger charge is 2.30. The van der Waals surface area contributed by atoms with Crippen molar-refractivity contribution in [3.05, 3.63) is 23.9 Å². The summed E-state index contributed by atoms with van der Waals surface area (Å²) in [5, 5.41) is 2.28. The van der Waals surface area contributed by atoms with Gasteiger partial charge < -0.3 is 5.32 Å². The average molecular weight is 258 g/mol. The Morgan fingerprint density at radius 2 is 1.71 bits per heavy atom. The quantitative estimate of drug-likeness (QED) is 0.840. The SMILES string of the molecule is FC(F)(F)CCNc1ccc(C(F)(F)F)cn1. The van der Waals surface area contributed by atoms with Gasteiger partial charge in [-0.1, -0.05) is 0 Å². The molecule has 0 aliphatic carbocycles. The minimum atomic E-state index is -4.50. The standard InChI is InChI=1S/C9H8F6N2/c10-8(11,12)3-4-16-7-2-1-6(5-17-7)9(13,14)15/h1-2,5H,3-4H2,(H,16,17). The minimum Gasteiger partial charge on any atom is -0.370 e. The topological polar surface area (TPSA) is 24.9 Å². The first-order valence-corrected chi connectivity index (χ1v) is 4.52. The van der Waals surface area contributed by atoms with Gasteiger partial charge in [-0.2, -0.15) is 26.3 Å². The molecular weight excluding hydrogens is 250 g/mol. The molecule has 96 valence electrons. The molecule has 0 saturated carbocycles. The number of nitrogens with one attached hydrogen (secondary N) is 1. The van der Waals surface area contributed by atoms with Crippen LogP contribution in [0.25, 0.3) is 0 Å². The molecule has 17 heavy (non-hydrogen) atoms. The Bertz CT molecular complexity index is 353. The molecule has 1 aromatic rings. The van der Waals surface area contributed by atoms with Crippen LogP contribution in [-0.2, 0) is 6.18 Å². The van der Waals surface area contributed by atoms with Gasteiger partial charge in [0.15, 0.2) is 0 Å². The predicted molar refractivity (Wildman–Crippen MR) is 48.4 cm³/mol. The third-order valence-electron chi connectivity index (χ3n) is 1.81. The lowest BCUT2D eigenvalue weighted by atomic mass is 10.3. The van der Waals surface area contributed by atoms with E-state index >= 15 is 0 Å². The number of alkyl halides is 6. The van der Waals surface area contributed by atoms with Crippen molar-refractivity contribution in [2.24, 2.45) is 0 Å². The normalized spacial score (nSPS) is 12.6. The number of anilines is 1. The number of aromatic nitrogens is 1. The van der Waals surface area contributed by atoms with E-state index in [1.807, 2.05) is 0 Å². The molecule has 1 aromatic heterocycles.